The monoisotopic (exact) mass is 322 g/mol. The minimum atomic E-state index is -0.641. The predicted octanol–water partition coefficient (Wildman–Crippen LogP) is 5.73. The number of benzene rings is 2. The average Bonchev–Trinajstić information content (AvgIpc) is 2.46. The van der Waals surface area contributed by atoms with Gasteiger partial charge in [-0.05, 0) is 49.0 Å². The number of rotatable bonds is 7. The van der Waals surface area contributed by atoms with Crippen molar-refractivity contribution in [2.24, 2.45) is 0 Å². The van der Waals surface area contributed by atoms with E-state index in [1.165, 1.54) is 30.5 Å². The zero-order valence-corrected chi connectivity index (χ0v) is 13.8. The molecule has 0 aliphatic rings. The summed E-state index contributed by atoms with van der Waals surface area (Å²) in [5.74, 6) is -0.513. The zero-order chi connectivity index (χ0) is 15.9. The van der Waals surface area contributed by atoms with Gasteiger partial charge in [0, 0.05) is 18.2 Å². The molecule has 0 saturated heterocycles. The second kappa shape index (κ2) is 8.24. The molecule has 0 spiro atoms. The van der Waals surface area contributed by atoms with Gasteiger partial charge in [-0.15, -0.1) is 9.24 Å². The van der Waals surface area contributed by atoms with Crippen molar-refractivity contribution < 1.29 is 13.5 Å². The zero-order valence-electron chi connectivity index (χ0n) is 12.7. The number of halogens is 2. The molecule has 1 nitrogen and oxygen atoms in total. The number of hydrogen-bond donors (Lipinski definition) is 0. The topological polar surface area (TPSA) is 9.23 Å². The Kier molecular flexibility index (Phi) is 6.33. The molecule has 0 N–H and O–H groups in total. The quantitative estimate of drug-likeness (QED) is 0.591. The lowest BCUT2D eigenvalue weighted by Gasteiger charge is -2.10. The number of hydrogen-bond acceptors (Lipinski definition) is 1. The van der Waals surface area contributed by atoms with Crippen LogP contribution in [0.15, 0.2) is 42.5 Å². The highest BCUT2D eigenvalue weighted by Crippen LogP contribution is 2.25. The van der Waals surface area contributed by atoms with Crippen LogP contribution in [-0.2, 0) is 6.42 Å². The van der Waals surface area contributed by atoms with Crippen LogP contribution in [0.2, 0.25) is 0 Å². The van der Waals surface area contributed by atoms with E-state index in [0.29, 0.717) is 11.4 Å². The smallest absolute Gasteiger partial charge is 0.133 e. The van der Waals surface area contributed by atoms with Crippen LogP contribution in [0.5, 0.6) is 11.5 Å². The fourth-order valence-electron chi connectivity index (χ4n) is 2.26. The normalized spacial score (nSPS) is 12.2. The van der Waals surface area contributed by atoms with Crippen LogP contribution in [0.3, 0.4) is 0 Å². The van der Waals surface area contributed by atoms with Crippen molar-refractivity contribution in [1.29, 1.82) is 0 Å². The molecule has 0 fully saturated rings. The lowest BCUT2D eigenvalue weighted by molar-refractivity contribution is 0.467. The molecule has 2 aromatic rings. The van der Waals surface area contributed by atoms with Crippen LogP contribution in [-0.4, -0.2) is 5.66 Å². The van der Waals surface area contributed by atoms with Crippen molar-refractivity contribution in [2.75, 3.05) is 0 Å². The second-order valence-electron chi connectivity index (χ2n) is 5.42. The maximum absolute atomic E-state index is 13.2. The fraction of sp³-hybridized carbons (Fsp3) is 0.333. The number of ether oxygens (including phenoxy) is 1. The Morgan fingerprint density at radius 3 is 2.45 bits per heavy atom. The molecule has 118 valence electrons. The Hall–Kier alpha value is -1.47. The molecular formula is C18H21F2OP. The summed E-state index contributed by atoms with van der Waals surface area (Å²) in [5.41, 5.74) is 1.83. The minimum Gasteiger partial charge on any atom is -0.457 e. The predicted molar refractivity (Wildman–Crippen MR) is 89.6 cm³/mol. The molecule has 2 aromatic carbocycles. The van der Waals surface area contributed by atoms with Gasteiger partial charge >= 0.3 is 0 Å². The molecule has 0 aliphatic heterocycles. The van der Waals surface area contributed by atoms with E-state index in [9.17, 15) is 8.78 Å². The van der Waals surface area contributed by atoms with E-state index >= 15 is 0 Å². The molecule has 0 radical (unpaired) electrons. The van der Waals surface area contributed by atoms with Crippen molar-refractivity contribution >= 4 is 9.24 Å². The maximum atomic E-state index is 13.2. The van der Waals surface area contributed by atoms with E-state index in [0.717, 1.165) is 18.9 Å². The Balaban J connectivity index is 1.99. The largest absolute Gasteiger partial charge is 0.457 e. The van der Waals surface area contributed by atoms with Crippen LogP contribution < -0.4 is 4.74 Å². The lowest BCUT2D eigenvalue weighted by Crippen LogP contribution is -1.96. The molecule has 2 atom stereocenters. The third kappa shape index (κ3) is 5.38. The summed E-state index contributed by atoms with van der Waals surface area (Å²) in [6.07, 6.45) is 4.42. The highest BCUT2D eigenvalue weighted by atomic mass is 31.0. The summed E-state index contributed by atoms with van der Waals surface area (Å²) in [7, 11) is 2.87. The van der Waals surface area contributed by atoms with Gasteiger partial charge in [0.15, 0.2) is 0 Å². The molecular weight excluding hydrogens is 301 g/mol. The van der Waals surface area contributed by atoms with Crippen LogP contribution in [0.1, 0.15) is 31.7 Å². The minimum absolute atomic E-state index is 0.172. The van der Waals surface area contributed by atoms with E-state index in [1.807, 2.05) is 18.2 Å². The van der Waals surface area contributed by atoms with Crippen molar-refractivity contribution in [3.05, 3.63) is 59.7 Å². The van der Waals surface area contributed by atoms with Gasteiger partial charge in [0.05, 0.1) is 0 Å². The highest BCUT2D eigenvalue weighted by molar-refractivity contribution is 7.17. The molecule has 22 heavy (non-hydrogen) atoms. The standard InChI is InChI=1S/C18H21F2OP/c1-2-18(22)8-4-6-13-5-3-7-16(9-13)21-17-11-14(19)10-15(20)12-17/h3,5,7,9-12,18H,2,4,6,8,22H2,1H3. The fourth-order valence-corrected chi connectivity index (χ4v) is 2.50. The van der Waals surface area contributed by atoms with Crippen molar-refractivity contribution in [1.82, 2.24) is 0 Å². The Morgan fingerprint density at radius 2 is 1.77 bits per heavy atom. The van der Waals surface area contributed by atoms with E-state index < -0.39 is 11.6 Å². The third-order valence-electron chi connectivity index (χ3n) is 3.53. The molecule has 2 unspecified atom stereocenters. The summed E-state index contributed by atoms with van der Waals surface area (Å²) < 4.78 is 31.9. The van der Waals surface area contributed by atoms with Gasteiger partial charge in [-0.3, -0.25) is 0 Å². The van der Waals surface area contributed by atoms with Gasteiger partial charge < -0.3 is 4.74 Å². The van der Waals surface area contributed by atoms with Crippen LogP contribution in [0, 0.1) is 11.6 Å². The second-order valence-corrected chi connectivity index (χ2v) is 6.36. The molecule has 0 amide bonds. The SMILES string of the molecule is CCC(P)CCCc1cccc(Oc2cc(F)cc(F)c2)c1. The molecule has 0 aromatic heterocycles. The van der Waals surface area contributed by atoms with Crippen LogP contribution >= 0.6 is 9.24 Å². The first-order valence-corrected chi connectivity index (χ1v) is 8.22. The first-order valence-electron chi connectivity index (χ1n) is 7.55. The summed E-state index contributed by atoms with van der Waals surface area (Å²) in [6, 6.07) is 10.8. The van der Waals surface area contributed by atoms with Crippen molar-refractivity contribution in [3.8, 4) is 11.5 Å². The molecule has 0 aliphatic carbocycles. The molecule has 0 heterocycles. The van der Waals surface area contributed by atoms with Gasteiger partial charge in [0.25, 0.3) is 0 Å². The Bertz CT molecular complexity index is 596. The molecule has 0 saturated carbocycles. The van der Waals surface area contributed by atoms with Crippen LogP contribution in [0.4, 0.5) is 8.78 Å². The average molecular weight is 322 g/mol. The maximum Gasteiger partial charge on any atom is 0.133 e. The molecule has 2 rings (SSSR count). The van der Waals surface area contributed by atoms with E-state index in [2.05, 4.69) is 16.2 Å². The van der Waals surface area contributed by atoms with E-state index in [1.54, 1.807) is 6.07 Å². The first kappa shape index (κ1) is 16.9. The first-order chi connectivity index (χ1) is 10.6. The number of aryl methyl sites for hydroxylation is 1. The summed E-state index contributed by atoms with van der Waals surface area (Å²) >= 11 is 0. The molecule has 0 bridgehead atoms. The molecule has 4 heteroatoms. The Morgan fingerprint density at radius 1 is 1.05 bits per heavy atom. The Labute approximate surface area is 132 Å². The van der Waals surface area contributed by atoms with Gasteiger partial charge in [0.2, 0.25) is 0 Å². The summed E-state index contributed by atoms with van der Waals surface area (Å²) in [4.78, 5) is 0. The van der Waals surface area contributed by atoms with Gasteiger partial charge in [0.1, 0.15) is 23.1 Å². The van der Waals surface area contributed by atoms with Crippen molar-refractivity contribution in [3.63, 3.8) is 0 Å². The van der Waals surface area contributed by atoms with Gasteiger partial charge in [-0.1, -0.05) is 19.1 Å². The van der Waals surface area contributed by atoms with Crippen LogP contribution in [0.25, 0.3) is 0 Å². The van der Waals surface area contributed by atoms with Crippen molar-refractivity contribution in [2.45, 2.75) is 38.3 Å². The summed E-state index contributed by atoms with van der Waals surface area (Å²) in [5, 5.41) is 0. The van der Waals surface area contributed by atoms with Gasteiger partial charge in [-0.25, -0.2) is 8.78 Å². The van der Waals surface area contributed by atoms with E-state index in [-0.39, 0.29) is 5.75 Å². The lowest BCUT2D eigenvalue weighted by atomic mass is 10.1. The van der Waals surface area contributed by atoms with Gasteiger partial charge in [-0.2, -0.15) is 0 Å². The highest BCUT2D eigenvalue weighted by Gasteiger charge is 2.05. The van der Waals surface area contributed by atoms with E-state index in [4.69, 9.17) is 4.74 Å². The third-order valence-corrected chi connectivity index (χ3v) is 4.34. The summed E-state index contributed by atoms with van der Waals surface area (Å²) in [6.45, 7) is 2.18.